The van der Waals surface area contributed by atoms with Crippen molar-refractivity contribution in [2.24, 2.45) is 5.92 Å². The number of ether oxygens (including phenoxy) is 2. The maximum atomic E-state index is 12.0. The maximum absolute atomic E-state index is 12.0. The SMILES string of the molecule is CSN1CCN(c2ccc(OCCCC3CCN(C(=O)OC(C)C)CC3)cc2)CC1. The number of carbonyl (C=O) groups excluding carboxylic acids is 1. The first-order valence-corrected chi connectivity index (χ1v) is 12.5. The lowest BCUT2D eigenvalue weighted by Gasteiger charge is -2.34. The second-order valence-corrected chi connectivity index (χ2v) is 9.33. The van der Waals surface area contributed by atoms with Crippen LogP contribution in [0.25, 0.3) is 0 Å². The zero-order valence-corrected chi connectivity index (χ0v) is 19.5. The van der Waals surface area contributed by atoms with Crippen molar-refractivity contribution in [3.8, 4) is 5.75 Å². The van der Waals surface area contributed by atoms with E-state index in [1.54, 1.807) is 0 Å². The van der Waals surface area contributed by atoms with Crippen molar-refractivity contribution in [3.05, 3.63) is 24.3 Å². The van der Waals surface area contributed by atoms with Gasteiger partial charge in [-0.2, -0.15) is 0 Å². The van der Waals surface area contributed by atoms with E-state index in [0.717, 1.165) is 77.3 Å². The molecule has 168 valence electrons. The second kappa shape index (κ2) is 11.7. The normalized spacial score (nSPS) is 18.7. The molecule has 0 saturated carbocycles. The van der Waals surface area contributed by atoms with E-state index in [9.17, 15) is 4.79 Å². The van der Waals surface area contributed by atoms with Gasteiger partial charge in [-0.1, -0.05) is 11.9 Å². The van der Waals surface area contributed by atoms with Crippen molar-refractivity contribution >= 4 is 23.7 Å². The summed E-state index contributed by atoms with van der Waals surface area (Å²) in [5, 5.41) is 0. The van der Waals surface area contributed by atoms with Gasteiger partial charge in [0.2, 0.25) is 0 Å². The Labute approximate surface area is 186 Å². The van der Waals surface area contributed by atoms with Crippen LogP contribution in [0.1, 0.15) is 39.5 Å². The number of carbonyl (C=O) groups is 1. The van der Waals surface area contributed by atoms with Crippen LogP contribution in [0.15, 0.2) is 24.3 Å². The number of piperidine rings is 1. The number of anilines is 1. The Hall–Kier alpha value is -1.60. The van der Waals surface area contributed by atoms with Crippen molar-refractivity contribution < 1.29 is 14.3 Å². The lowest BCUT2D eigenvalue weighted by atomic mass is 9.92. The summed E-state index contributed by atoms with van der Waals surface area (Å²) in [5.41, 5.74) is 1.28. The Balaban J connectivity index is 1.30. The Morgan fingerprint density at radius 2 is 1.73 bits per heavy atom. The van der Waals surface area contributed by atoms with E-state index in [4.69, 9.17) is 9.47 Å². The van der Waals surface area contributed by atoms with Crippen molar-refractivity contribution in [1.82, 2.24) is 9.21 Å². The molecule has 0 spiro atoms. The fourth-order valence-corrected chi connectivity index (χ4v) is 4.65. The average molecular weight is 436 g/mol. The highest BCUT2D eigenvalue weighted by molar-refractivity contribution is 7.96. The predicted octanol–water partition coefficient (Wildman–Crippen LogP) is 4.50. The van der Waals surface area contributed by atoms with Crippen LogP contribution in [-0.4, -0.2) is 73.5 Å². The van der Waals surface area contributed by atoms with E-state index in [2.05, 4.69) is 39.7 Å². The molecule has 7 heteroatoms. The van der Waals surface area contributed by atoms with Gasteiger partial charge in [0.1, 0.15) is 5.75 Å². The van der Waals surface area contributed by atoms with Crippen LogP contribution < -0.4 is 9.64 Å². The van der Waals surface area contributed by atoms with Crippen molar-refractivity contribution in [3.63, 3.8) is 0 Å². The zero-order valence-electron chi connectivity index (χ0n) is 18.7. The lowest BCUT2D eigenvalue weighted by Crippen LogP contribution is -2.43. The summed E-state index contributed by atoms with van der Waals surface area (Å²) in [6.07, 6.45) is 6.27. The largest absolute Gasteiger partial charge is 0.494 e. The molecule has 0 radical (unpaired) electrons. The number of likely N-dealkylation sites (tertiary alicyclic amines) is 1. The highest BCUT2D eigenvalue weighted by Crippen LogP contribution is 2.24. The van der Waals surface area contributed by atoms with Gasteiger partial charge in [-0.15, -0.1) is 0 Å². The topological polar surface area (TPSA) is 45.2 Å². The van der Waals surface area contributed by atoms with Gasteiger partial charge in [-0.25, -0.2) is 9.10 Å². The minimum Gasteiger partial charge on any atom is -0.494 e. The number of hydrogen-bond donors (Lipinski definition) is 0. The number of rotatable bonds is 8. The van der Waals surface area contributed by atoms with Crippen LogP contribution in [0.4, 0.5) is 10.5 Å². The number of nitrogens with zero attached hydrogens (tertiary/aromatic N) is 3. The van der Waals surface area contributed by atoms with E-state index in [1.807, 2.05) is 30.7 Å². The fourth-order valence-electron chi connectivity index (χ4n) is 4.12. The summed E-state index contributed by atoms with van der Waals surface area (Å²) in [4.78, 5) is 16.3. The highest BCUT2D eigenvalue weighted by atomic mass is 32.2. The van der Waals surface area contributed by atoms with E-state index >= 15 is 0 Å². The summed E-state index contributed by atoms with van der Waals surface area (Å²) >= 11 is 1.83. The lowest BCUT2D eigenvalue weighted by molar-refractivity contribution is 0.0643. The summed E-state index contributed by atoms with van der Waals surface area (Å²) in [7, 11) is 0. The van der Waals surface area contributed by atoms with Gasteiger partial charge >= 0.3 is 6.09 Å². The van der Waals surface area contributed by atoms with E-state index in [-0.39, 0.29) is 12.2 Å². The summed E-state index contributed by atoms with van der Waals surface area (Å²) in [6.45, 7) is 10.5. The third-order valence-corrected chi connectivity index (χ3v) is 6.81. The molecule has 2 fully saturated rings. The molecular weight excluding hydrogens is 398 g/mol. The zero-order chi connectivity index (χ0) is 21.3. The molecule has 0 aliphatic carbocycles. The van der Waals surface area contributed by atoms with Gasteiger partial charge in [-0.3, -0.25) is 0 Å². The number of hydrogen-bond acceptors (Lipinski definition) is 6. The maximum Gasteiger partial charge on any atom is 0.410 e. The molecule has 3 rings (SSSR count). The quantitative estimate of drug-likeness (QED) is 0.442. The van der Waals surface area contributed by atoms with Crippen LogP contribution >= 0.6 is 11.9 Å². The van der Waals surface area contributed by atoms with E-state index in [0.29, 0.717) is 5.92 Å². The third-order valence-electron chi connectivity index (χ3n) is 5.93. The number of amides is 1. The molecule has 2 aliphatic rings. The Morgan fingerprint density at radius 3 is 2.33 bits per heavy atom. The summed E-state index contributed by atoms with van der Waals surface area (Å²) in [6, 6.07) is 8.54. The van der Waals surface area contributed by atoms with Crippen molar-refractivity contribution in [2.75, 3.05) is 57.0 Å². The molecule has 0 N–H and O–H groups in total. The van der Waals surface area contributed by atoms with Crippen LogP contribution in [0.2, 0.25) is 0 Å². The Kier molecular flexibility index (Phi) is 9.00. The van der Waals surface area contributed by atoms with Gasteiger partial charge in [0.15, 0.2) is 0 Å². The summed E-state index contributed by atoms with van der Waals surface area (Å²) in [5.74, 6) is 1.63. The fraction of sp³-hybridized carbons (Fsp3) is 0.696. The predicted molar refractivity (Wildman–Crippen MR) is 124 cm³/mol. The molecule has 6 nitrogen and oxygen atoms in total. The molecule has 2 aliphatic heterocycles. The Bertz CT molecular complexity index is 640. The molecule has 0 aromatic heterocycles. The summed E-state index contributed by atoms with van der Waals surface area (Å²) < 4.78 is 13.7. The smallest absolute Gasteiger partial charge is 0.410 e. The molecule has 2 saturated heterocycles. The van der Waals surface area contributed by atoms with Crippen LogP contribution in [0.5, 0.6) is 5.75 Å². The first kappa shape index (κ1) is 23.1. The molecule has 2 heterocycles. The molecule has 0 atom stereocenters. The van der Waals surface area contributed by atoms with Crippen LogP contribution in [-0.2, 0) is 4.74 Å². The molecule has 30 heavy (non-hydrogen) atoms. The monoisotopic (exact) mass is 435 g/mol. The minimum absolute atomic E-state index is 0.0492. The van der Waals surface area contributed by atoms with E-state index < -0.39 is 0 Å². The Morgan fingerprint density at radius 1 is 1.07 bits per heavy atom. The van der Waals surface area contributed by atoms with Crippen LogP contribution in [0, 0.1) is 5.92 Å². The van der Waals surface area contributed by atoms with Crippen molar-refractivity contribution in [2.45, 2.75) is 45.6 Å². The highest BCUT2D eigenvalue weighted by Gasteiger charge is 2.24. The molecule has 0 bridgehead atoms. The van der Waals surface area contributed by atoms with Gasteiger partial charge < -0.3 is 19.3 Å². The standard InChI is InChI=1S/C23H37N3O3S/c1-19(2)29-23(27)25-12-10-20(11-13-25)5-4-18-28-22-8-6-21(7-9-22)24-14-16-26(30-3)17-15-24/h6-9,19-20H,4-5,10-18H2,1-3H3. The molecule has 0 unspecified atom stereocenters. The van der Waals surface area contributed by atoms with E-state index in [1.165, 1.54) is 5.69 Å². The number of benzene rings is 1. The molecule has 1 aromatic carbocycles. The van der Waals surface area contributed by atoms with Gasteiger partial charge in [-0.05, 0) is 76.0 Å². The molecular formula is C23H37N3O3S. The van der Waals surface area contributed by atoms with Crippen LogP contribution in [0.3, 0.4) is 0 Å². The van der Waals surface area contributed by atoms with Gasteiger partial charge in [0.05, 0.1) is 12.7 Å². The molecule has 1 aromatic rings. The average Bonchev–Trinajstić information content (AvgIpc) is 2.77. The second-order valence-electron chi connectivity index (χ2n) is 8.45. The third kappa shape index (κ3) is 6.98. The van der Waals surface area contributed by atoms with Crippen molar-refractivity contribution in [1.29, 1.82) is 0 Å². The first-order chi connectivity index (χ1) is 14.5. The minimum atomic E-state index is -0.165. The molecule has 1 amide bonds. The first-order valence-electron chi connectivity index (χ1n) is 11.3. The number of piperazine rings is 1. The van der Waals surface area contributed by atoms with Gasteiger partial charge in [0, 0.05) is 45.0 Å². The van der Waals surface area contributed by atoms with Gasteiger partial charge in [0.25, 0.3) is 0 Å².